The molecule has 5 heteroatoms. The van der Waals surface area contributed by atoms with Crippen LogP contribution in [0, 0.1) is 0 Å². The number of aliphatic hydroxyl groups is 2. The third-order valence-electron chi connectivity index (χ3n) is 2.63. The van der Waals surface area contributed by atoms with E-state index in [4.69, 9.17) is 4.74 Å². The van der Waals surface area contributed by atoms with Crippen LogP contribution in [0.1, 0.15) is 49.2 Å². The quantitative estimate of drug-likeness (QED) is 0.636. The first-order valence-electron chi connectivity index (χ1n) is 6.50. The number of ether oxygens (including phenoxy) is 1. The summed E-state index contributed by atoms with van der Waals surface area (Å²) in [5, 5.41) is 20.4. The summed E-state index contributed by atoms with van der Waals surface area (Å²) < 4.78 is 5.28. The minimum atomic E-state index is -1.02. The molecule has 0 bridgehead atoms. The third-order valence-corrected chi connectivity index (χ3v) is 3.09. The molecule has 20 heavy (non-hydrogen) atoms. The summed E-state index contributed by atoms with van der Waals surface area (Å²) in [4.78, 5) is 12.0. The van der Waals surface area contributed by atoms with Crippen LogP contribution in [0.2, 0.25) is 0 Å². The zero-order valence-corrected chi connectivity index (χ0v) is 13.6. The summed E-state index contributed by atoms with van der Waals surface area (Å²) in [6.07, 6.45) is -1.46. The van der Waals surface area contributed by atoms with Crippen LogP contribution in [0.15, 0.2) is 24.3 Å². The number of carbonyl (C=O) groups is 1. The summed E-state index contributed by atoms with van der Waals surface area (Å²) in [7, 11) is 0. The van der Waals surface area contributed by atoms with E-state index in [1.807, 2.05) is 0 Å². The highest BCUT2D eigenvalue weighted by Gasteiger charge is 2.21. The monoisotopic (exact) mass is 344 g/mol. The first-order chi connectivity index (χ1) is 9.24. The van der Waals surface area contributed by atoms with E-state index in [0.29, 0.717) is 22.9 Å². The third kappa shape index (κ3) is 5.23. The summed E-state index contributed by atoms with van der Waals surface area (Å²) in [5.41, 5.74) is 0.297. The smallest absolute Gasteiger partial charge is 0.338 e. The second kappa shape index (κ2) is 7.20. The Labute approximate surface area is 127 Å². The summed E-state index contributed by atoms with van der Waals surface area (Å²) in [6.45, 7) is 5.38. The van der Waals surface area contributed by atoms with Crippen molar-refractivity contribution in [2.45, 2.75) is 45.0 Å². The molecule has 0 fully saturated rings. The van der Waals surface area contributed by atoms with E-state index in [-0.39, 0.29) is 0 Å². The highest BCUT2D eigenvalue weighted by atomic mass is 79.9. The first kappa shape index (κ1) is 17.1. The molecule has 0 radical (unpaired) electrons. The van der Waals surface area contributed by atoms with Crippen molar-refractivity contribution >= 4 is 21.9 Å². The Hall–Kier alpha value is -0.910. The van der Waals surface area contributed by atoms with Crippen LogP contribution in [-0.4, -0.2) is 33.2 Å². The molecule has 1 aromatic carbocycles. The molecule has 0 aliphatic rings. The molecular weight excluding hydrogens is 324 g/mol. The standard InChI is InChI=1S/C15H21BrO4/c1-15(2,3)20-14(19)11-6-4-5-10(9-11)13(18)12(17)7-8-16/h4-6,9,12-13,17-18H,7-8H2,1-3H3. The average molecular weight is 345 g/mol. The molecule has 2 atom stereocenters. The number of carbonyl (C=O) groups excluding carboxylic acids is 1. The summed E-state index contributed by atoms with van der Waals surface area (Å²) in [6, 6.07) is 6.52. The molecule has 0 spiro atoms. The molecule has 2 N–H and O–H groups in total. The van der Waals surface area contributed by atoms with Crippen molar-refractivity contribution in [1.29, 1.82) is 0 Å². The Morgan fingerprint density at radius 3 is 2.55 bits per heavy atom. The highest BCUT2D eigenvalue weighted by Crippen LogP contribution is 2.21. The number of halogens is 1. The Kier molecular flexibility index (Phi) is 6.17. The second-order valence-corrected chi connectivity index (χ2v) is 6.41. The highest BCUT2D eigenvalue weighted by molar-refractivity contribution is 9.09. The normalized spacial score (nSPS) is 14.7. The lowest BCUT2D eigenvalue weighted by molar-refractivity contribution is 0.00652. The van der Waals surface area contributed by atoms with Crippen LogP contribution in [0.4, 0.5) is 0 Å². The fraction of sp³-hybridized carbons (Fsp3) is 0.533. The van der Waals surface area contributed by atoms with Crippen molar-refractivity contribution in [1.82, 2.24) is 0 Å². The van der Waals surface area contributed by atoms with Gasteiger partial charge in [0.2, 0.25) is 0 Å². The van der Waals surface area contributed by atoms with Gasteiger partial charge in [0.05, 0.1) is 11.7 Å². The predicted octanol–water partition coefficient (Wildman–Crippen LogP) is 2.82. The molecule has 0 aromatic heterocycles. The molecule has 0 heterocycles. The van der Waals surface area contributed by atoms with Gasteiger partial charge in [-0.2, -0.15) is 0 Å². The molecule has 112 valence electrons. The van der Waals surface area contributed by atoms with E-state index in [1.54, 1.807) is 45.0 Å². The van der Waals surface area contributed by atoms with Gasteiger partial charge in [-0.25, -0.2) is 4.79 Å². The molecule has 0 saturated heterocycles. The maximum Gasteiger partial charge on any atom is 0.338 e. The predicted molar refractivity (Wildman–Crippen MR) is 81.0 cm³/mol. The van der Waals surface area contributed by atoms with Gasteiger partial charge in [0, 0.05) is 5.33 Å². The molecule has 0 amide bonds. The van der Waals surface area contributed by atoms with E-state index in [2.05, 4.69) is 15.9 Å². The van der Waals surface area contributed by atoms with Gasteiger partial charge in [-0.1, -0.05) is 28.1 Å². The van der Waals surface area contributed by atoms with Gasteiger partial charge in [-0.05, 0) is 44.9 Å². The lowest BCUT2D eigenvalue weighted by atomic mass is 10.0. The van der Waals surface area contributed by atoms with Crippen molar-refractivity contribution in [3.63, 3.8) is 0 Å². The van der Waals surface area contributed by atoms with Crippen LogP contribution < -0.4 is 0 Å². The molecule has 0 aliphatic heterocycles. The van der Waals surface area contributed by atoms with Crippen LogP contribution in [0.3, 0.4) is 0 Å². The Bertz CT molecular complexity index is 453. The van der Waals surface area contributed by atoms with Gasteiger partial charge < -0.3 is 14.9 Å². The Morgan fingerprint density at radius 2 is 2.00 bits per heavy atom. The van der Waals surface area contributed by atoms with E-state index >= 15 is 0 Å². The maximum absolute atomic E-state index is 12.0. The number of esters is 1. The lowest BCUT2D eigenvalue weighted by Gasteiger charge is -2.21. The average Bonchev–Trinajstić information content (AvgIpc) is 2.36. The summed E-state index contributed by atoms with van der Waals surface area (Å²) >= 11 is 3.22. The van der Waals surface area contributed by atoms with Gasteiger partial charge in [0.15, 0.2) is 0 Å². The van der Waals surface area contributed by atoms with Gasteiger partial charge in [0.25, 0.3) is 0 Å². The van der Waals surface area contributed by atoms with Crippen molar-refractivity contribution in [3.8, 4) is 0 Å². The van der Waals surface area contributed by atoms with Crippen molar-refractivity contribution in [3.05, 3.63) is 35.4 Å². The Balaban J connectivity index is 2.88. The van der Waals surface area contributed by atoms with Gasteiger partial charge in [0.1, 0.15) is 11.7 Å². The molecule has 0 saturated carbocycles. The fourth-order valence-electron chi connectivity index (χ4n) is 1.68. The molecule has 2 unspecified atom stereocenters. The van der Waals surface area contributed by atoms with Gasteiger partial charge in [-0.3, -0.25) is 0 Å². The number of alkyl halides is 1. The molecular formula is C15H21BrO4. The fourth-order valence-corrected chi connectivity index (χ4v) is 2.15. The molecule has 1 rings (SSSR count). The van der Waals surface area contributed by atoms with Crippen LogP contribution in [-0.2, 0) is 4.74 Å². The zero-order chi connectivity index (χ0) is 15.3. The van der Waals surface area contributed by atoms with Crippen LogP contribution >= 0.6 is 15.9 Å². The topological polar surface area (TPSA) is 66.8 Å². The summed E-state index contributed by atoms with van der Waals surface area (Å²) in [5.74, 6) is -0.443. The number of hydrogen-bond donors (Lipinski definition) is 2. The Morgan fingerprint density at radius 1 is 1.35 bits per heavy atom. The van der Waals surface area contributed by atoms with Crippen LogP contribution in [0.25, 0.3) is 0 Å². The molecule has 1 aromatic rings. The van der Waals surface area contributed by atoms with E-state index < -0.39 is 23.8 Å². The minimum absolute atomic E-state index is 0.363. The largest absolute Gasteiger partial charge is 0.456 e. The number of hydrogen-bond acceptors (Lipinski definition) is 4. The second-order valence-electron chi connectivity index (χ2n) is 5.62. The molecule has 0 aliphatic carbocycles. The van der Waals surface area contributed by atoms with E-state index in [9.17, 15) is 15.0 Å². The van der Waals surface area contributed by atoms with Gasteiger partial charge >= 0.3 is 5.97 Å². The number of aliphatic hydroxyl groups excluding tert-OH is 2. The van der Waals surface area contributed by atoms with Crippen molar-refractivity contribution in [2.75, 3.05) is 5.33 Å². The first-order valence-corrected chi connectivity index (χ1v) is 7.62. The number of rotatable bonds is 5. The van der Waals surface area contributed by atoms with E-state index in [0.717, 1.165) is 0 Å². The number of benzene rings is 1. The minimum Gasteiger partial charge on any atom is -0.456 e. The van der Waals surface area contributed by atoms with Crippen molar-refractivity contribution in [2.24, 2.45) is 0 Å². The molecule has 4 nitrogen and oxygen atoms in total. The van der Waals surface area contributed by atoms with Crippen molar-refractivity contribution < 1.29 is 19.7 Å². The van der Waals surface area contributed by atoms with Crippen LogP contribution in [0.5, 0.6) is 0 Å². The van der Waals surface area contributed by atoms with E-state index in [1.165, 1.54) is 0 Å². The zero-order valence-electron chi connectivity index (χ0n) is 12.0. The lowest BCUT2D eigenvalue weighted by Crippen LogP contribution is -2.24. The SMILES string of the molecule is CC(C)(C)OC(=O)c1cccc(C(O)C(O)CCBr)c1. The van der Waals surface area contributed by atoms with Gasteiger partial charge in [-0.15, -0.1) is 0 Å². The maximum atomic E-state index is 12.0.